The quantitative estimate of drug-likeness (QED) is 0.484. The summed E-state index contributed by atoms with van der Waals surface area (Å²) in [5.74, 6) is 2.33. The highest BCUT2D eigenvalue weighted by Crippen LogP contribution is 2.38. The summed E-state index contributed by atoms with van der Waals surface area (Å²) in [7, 11) is 0. The molecule has 0 aliphatic heterocycles. The van der Waals surface area contributed by atoms with Gasteiger partial charge in [0.05, 0.1) is 11.7 Å². The fraction of sp³-hybridized carbons (Fsp3) is 0.348. The molecule has 0 saturated heterocycles. The summed E-state index contributed by atoms with van der Waals surface area (Å²) in [5, 5.41) is 1.70. The van der Waals surface area contributed by atoms with Gasteiger partial charge in [-0.05, 0) is 85.7 Å². The Morgan fingerprint density at radius 1 is 0.923 bits per heavy atom. The van der Waals surface area contributed by atoms with Gasteiger partial charge >= 0.3 is 0 Å². The molecule has 1 heterocycles. The second-order valence-corrected chi connectivity index (χ2v) is 7.85. The standard InChI is InChI=1S/C23H24ClNO/c1-15-10-20(11-16(2)23(15)17-6-4-3-5-7-17)26-21-13-18-12-19(24)8-9-22(18)25-14-21/h8-14,17H,3-7H2,1-2H3. The van der Waals surface area contributed by atoms with Crippen molar-refractivity contribution in [1.82, 2.24) is 4.98 Å². The number of nitrogens with zero attached hydrogens (tertiary/aromatic N) is 1. The second kappa shape index (κ2) is 7.28. The summed E-state index contributed by atoms with van der Waals surface area (Å²) in [4.78, 5) is 4.47. The monoisotopic (exact) mass is 365 g/mol. The van der Waals surface area contributed by atoms with Gasteiger partial charge in [0.25, 0.3) is 0 Å². The summed E-state index contributed by atoms with van der Waals surface area (Å²) >= 11 is 6.10. The van der Waals surface area contributed by atoms with Crippen molar-refractivity contribution in [3.8, 4) is 11.5 Å². The Balaban J connectivity index is 1.62. The molecule has 1 aliphatic rings. The van der Waals surface area contributed by atoms with E-state index in [-0.39, 0.29) is 0 Å². The Labute approximate surface area is 160 Å². The second-order valence-electron chi connectivity index (χ2n) is 7.42. The van der Waals surface area contributed by atoms with Crippen LogP contribution in [0.5, 0.6) is 11.5 Å². The molecule has 0 N–H and O–H groups in total. The molecule has 0 atom stereocenters. The van der Waals surface area contributed by atoms with Gasteiger partial charge < -0.3 is 4.74 Å². The van der Waals surface area contributed by atoms with Gasteiger partial charge in [-0.2, -0.15) is 0 Å². The van der Waals surface area contributed by atoms with E-state index in [9.17, 15) is 0 Å². The number of pyridine rings is 1. The minimum absolute atomic E-state index is 0.708. The van der Waals surface area contributed by atoms with Gasteiger partial charge in [0, 0.05) is 10.4 Å². The lowest BCUT2D eigenvalue weighted by Gasteiger charge is -2.26. The third kappa shape index (κ3) is 3.57. The highest BCUT2D eigenvalue weighted by Gasteiger charge is 2.20. The average Bonchev–Trinajstić information content (AvgIpc) is 2.62. The Kier molecular flexibility index (Phi) is 4.86. The van der Waals surface area contributed by atoms with Crippen LogP contribution >= 0.6 is 11.6 Å². The zero-order chi connectivity index (χ0) is 18.1. The maximum absolute atomic E-state index is 6.12. The number of hydrogen-bond acceptors (Lipinski definition) is 2. The van der Waals surface area contributed by atoms with Crippen molar-refractivity contribution in [3.63, 3.8) is 0 Å². The first kappa shape index (κ1) is 17.4. The maximum atomic E-state index is 6.12. The highest BCUT2D eigenvalue weighted by molar-refractivity contribution is 6.31. The minimum Gasteiger partial charge on any atom is -0.456 e. The van der Waals surface area contributed by atoms with Crippen LogP contribution in [0.15, 0.2) is 42.6 Å². The molecule has 3 aromatic rings. The summed E-state index contributed by atoms with van der Waals surface area (Å²) in [5.41, 5.74) is 5.12. The molecule has 0 bridgehead atoms. The fourth-order valence-electron chi connectivity index (χ4n) is 4.30. The number of fused-ring (bicyclic) bond motifs is 1. The summed E-state index contributed by atoms with van der Waals surface area (Å²) < 4.78 is 6.12. The van der Waals surface area contributed by atoms with Crippen molar-refractivity contribution in [2.24, 2.45) is 0 Å². The van der Waals surface area contributed by atoms with Crippen molar-refractivity contribution in [2.75, 3.05) is 0 Å². The van der Waals surface area contributed by atoms with Crippen LogP contribution in [0.1, 0.15) is 54.7 Å². The van der Waals surface area contributed by atoms with E-state index in [4.69, 9.17) is 16.3 Å². The van der Waals surface area contributed by atoms with Crippen molar-refractivity contribution in [3.05, 3.63) is 64.3 Å². The molecular weight excluding hydrogens is 342 g/mol. The van der Waals surface area contributed by atoms with Crippen molar-refractivity contribution < 1.29 is 4.74 Å². The van der Waals surface area contributed by atoms with Gasteiger partial charge in [0.2, 0.25) is 0 Å². The van der Waals surface area contributed by atoms with Gasteiger partial charge in [0.15, 0.2) is 0 Å². The zero-order valence-corrected chi connectivity index (χ0v) is 16.1. The minimum atomic E-state index is 0.708. The molecule has 0 radical (unpaired) electrons. The van der Waals surface area contributed by atoms with Crippen molar-refractivity contribution in [2.45, 2.75) is 51.9 Å². The van der Waals surface area contributed by atoms with E-state index in [2.05, 4.69) is 31.0 Å². The number of aryl methyl sites for hydroxylation is 2. The molecule has 1 fully saturated rings. The van der Waals surface area contributed by atoms with E-state index in [1.165, 1.54) is 48.8 Å². The largest absolute Gasteiger partial charge is 0.456 e. The topological polar surface area (TPSA) is 22.1 Å². The number of rotatable bonds is 3. The lowest BCUT2D eigenvalue weighted by Crippen LogP contribution is -2.08. The van der Waals surface area contributed by atoms with Gasteiger partial charge in [-0.25, -0.2) is 0 Å². The molecule has 0 amide bonds. The highest BCUT2D eigenvalue weighted by atomic mass is 35.5. The molecule has 0 spiro atoms. The van der Waals surface area contributed by atoms with E-state index < -0.39 is 0 Å². The molecule has 0 unspecified atom stereocenters. The zero-order valence-electron chi connectivity index (χ0n) is 15.4. The van der Waals surface area contributed by atoms with Crippen LogP contribution in [0, 0.1) is 13.8 Å². The first-order chi connectivity index (χ1) is 12.6. The van der Waals surface area contributed by atoms with E-state index in [0.29, 0.717) is 10.9 Å². The molecule has 1 saturated carbocycles. The van der Waals surface area contributed by atoms with Gasteiger partial charge in [-0.1, -0.05) is 30.9 Å². The molecular formula is C23H24ClNO. The molecule has 2 aromatic carbocycles. The van der Waals surface area contributed by atoms with Crippen LogP contribution in [0.25, 0.3) is 10.9 Å². The first-order valence-corrected chi connectivity index (χ1v) is 9.82. The lowest BCUT2D eigenvalue weighted by atomic mass is 9.80. The van der Waals surface area contributed by atoms with Crippen LogP contribution in [0.4, 0.5) is 0 Å². The molecule has 26 heavy (non-hydrogen) atoms. The Morgan fingerprint density at radius 2 is 1.65 bits per heavy atom. The third-order valence-electron chi connectivity index (χ3n) is 5.43. The molecule has 1 aromatic heterocycles. The van der Waals surface area contributed by atoms with Crippen LogP contribution < -0.4 is 4.74 Å². The van der Waals surface area contributed by atoms with Crippen LogP contribution in [-0.2, 0) is 0 Å². The van der Waals surface area contributed by atoms with Gasteiger partial charge in [-0.3, -0.25) is 4.98 Å². The van der Waals surface area contributed by atoms with Crippen molar-refractivity contribution in [1.29, 1.82) is 0 Å². The fourth-order valence-corrected chi connectivity index (χ4v) is 4.48. The molecule has 4 rings (SSSR count). The normalized spacial score (nSPS) is 15.3. The first-order valence-electron chi connectivity index (χ1n) is 9.44. The maximum Gasteiger partial charge on any atom is 0.146 e. The average molecular weight is 366 g/mol. The van der Waals surface area contributed by atoms with Gasteiger partial charge in [-0.15, -0.1) is 0 Å². The molecule has 134 valence electrons. The summed E-state index contributed by atoms with van der Waals surface area (Å²) in [6.45, 7) is 4.42. The number of benzene rings is 2. The van der Waals surface area contributed by atoms with Crippen molar-refractivity contribution >= 4 is 22.5 Å². The molecule has 1 aliphatic carbocycles. The number of hydrogen-bond donors (Lipinski definition) is 0. The Hall–Kier alpha value is -2.06. The van der Waals surface area contributed by atoms with Gasteiger partial charge in [0.1, 0.15) is 11.5 Å². The lowest BCUT2D eigenvalue weighted by molar-refractivity contribution is 0.439. The summed E-state index contributed by atoms with van der Waals surface area (Å²) in [6, 6.07) is 12.0. The van der Waals surface area contributed by atoms with E-state index in [1.807, 2.05) is 24.3 Å². The number of aromatic nitrogens is 1. The predicted octanol–water partition coefficient (Wildman–Crippen LogP) is 7.35. The smallest absolute Gasteiger partial charge is 0.146 e. The number of ether oxygens (including phenoxy) is 1. The summed E-state index contributed by atoms with van der Waals surface area (Å²) in [6.07, 6.45) is 8.50. The number of halogens is 1. The SMILES string of the molecule is Cc1cc(Oc2cnc3ccc(Cl)cc3c2)cc(C)c1C1CCCCC1. The van der Waals surface area contributed by atoms with Crippen LogP contribution in [0.3, 0.4) is 0 Å². The molecule has 2 nitrogen and oxygen atoms in total. The Morgan fingerprint density at radius 3 is 2.38 bits per heavy atom. The third-order valence-corrected chi connectivity index (χ3v) is 5.67. The van der Waals surface area contributed by atoms with Crippen LogP contribution in [0.2, 0.25) is 5.02 Å². The van der Waals surface area contributed by atoms with E-state index in [0.717, 1.165) is 22.4 Å². The predicted molar refractivity (Wildman–Crippen MR) is 109 cm³/mol. The molecule has 3 heteroatoms. The van der Waals surface area contributed by atoms with E-state index >= 15 is 0 Å². The van der Waals surface area contributed by atoms with E-state index in [1.54, 1.807) is 6.20 Å². The van der Waals surface area contributed by atoms with Crippen LogP contribution in [-0.4, -0.2) is 4.98 Å². The Bertz CT molecular complexity index is 921.